The standard InChI is InChI=1S/C17H23N3O3/c1-19-9-4-6-14(13-5-2-3-7-15(13)19)18-17(23)20-10-8-12(11-20)16(21)22/h2-3,5,7,12,14H,4,6,8-11H2,1H3,(H,18,23)(H,21,22). The maximum atomic E-state index is 12.5. The number of anilines is 1. The lowest BCUT2D eigenvalue weighted by atomic mass is 10.0. The van der Waals surface area contributed by atoms with Gasteiger partial charge in [-0.2, -0.15) is 0 Å². The number of carboxylic acid groups (broad SMARTS) is 1. The van der Waals surface area contributed by atoms with Gasteiger partial charge in [0.15, 0.2) is 0 Å². The van der Waals surface area contributed by atoms with Crippen LogP contribution in [0.1, 0.15) is 30.9 Å². The smallest absolute Gasteiger partial charge is 0.317 e. The van der Waals surface area contributed by atoms with Crippen LogP contribution in [0.4, 0.5) is 10.5 Å². The minimum atomic E-state index is -0.818. The summed E-state index contributed by atoms with van der Waals surface area (Å²) in [6.07, 6.45) is 2.43. The quantitative estimate of drug-likeness (QED) is 0.876. The lowest BCUT2D eigenvalue weighted by Gasteiger charge is -2.24. The first kappa shape index (κ1) is 15.6. The summed E-state index contributed by atoms with van der Waals surface area (Å²) in [4.78, 5) is 27.4. The minimum Gasteiger partial charge on any atom is -0.481 e. The summed E-state index contributed by atoms with van der Waals surface area (Å²) >= 11 is 0. The van der Waals surface area contributed by atoms with E-state index in [0.29, 0.717) is 19.5 Å². The first-order valence-corrected chi connectivity index (χ1v) is 8.14. The molecule has 6 nitrogen and oxygen atoms in total. The molecule has 1 aromatic carbocycles. The van der Waals surface area contributed by atoms with E-state index in [-0.39, 0.29) is 12.1 Å². The lowest BCUT2D eigenvalue weighted by Crippen LogP contribution is -2.40. The van der Waals surface area contributed by atoms with Gasteiger partial charge in [0.05, 0.1) is 12.0 Å². The summed E-state index contributed by atoms with van der Waals surface area (Å²) in [5.41, 5.74) is 2.29. The van der Waals surface area contributed by atoms with Crippen LogP contribution in [-0.4, -0.2) is 48.7 Å². The van der Waals surface area contributed by atoms with Gasteiger partial charge in [-0.05, 0) is 30.9 Å². The zero-order chi connectivity index (χ0) is 16.4. The van der Waals surface area contributed by atoms with Crippen molar-refractivity contribution in [1.29, 1.82) is 0 Å². The fourth-order valence-electron chi connectivity index (χ4n) is 3.47. The Balaban J connectivity index is 1.71. The monoisotopic (exact) mass is 317 g/mol. The van der Waals surface area contributed by atoms with Crippen LogP contribution in [0.2, 0.25) is 0 Å². The molecule has 0 aliphatic carbocycles. The summed E-state index contributed by atoms with van der Waals surface area (Å²) in [5, 5.41) is 12.2. The summed E-state index contributed by atoms with van der Waals surface area (Å²) in [6.45, 7) is 1.78. The molecule has 2 aliphatic heterocycles. The highest BCUT2D eigenvalue weighted by atomic mass is 16.4. The van der Waals surface area contributed by atoms with Crippen molar-refractivity contribution in [2.24, 2.45) is 5.92 Å². The van der Waals surface area contributed by atoms with Crippen LogP contribution in [0.3, 0.4) is 0 Å². The molecule has 124 valence electrons. The number of nitrogens with zero attached hydrogens (tertiary/aromatic N) is 2. The average molecular weight is 317 g/mol. The third-order valence-corrected chi connectivity index (χ3v) is 4.83. The zero-order valence-electron chi connectivity index (χ0n) is 13.4. The van der Waals surface area contributed by atoms with E-state index < -0.39 is 11.9 Å². The van der Waals surface area contributed by atoms with Crippen molar-refractivity contribution < 1.29 is 14.7 Å². The molecule has 0 saturated carbocycles. The van der Waals surface area contributed by atoms with E-state index in [2.05, 4.69) is 29.4 Å². The lowest BCUT2D eigenvalue weighted by molar-refractivity contribution is -0.141. The summed E-state index contributed by atoms with van der Waals surface area (Å²) in [5.74, 6) is -1.25. The van der Waals surface area contributed by atoms with Crippen molar-refractivity contribution in [3.8, 4) is 0 Å². The van der Waals surface area contributed by atoms with Crippen LogP contribution >= 0.6 is 0 Å². The van der Waals surface area contributed by atoms with Crippen molar-refractivity contribution >= 4 is 17.7 Å². The molecular weight excluding hydrogens is 294 g/mol. The molecule has 2 atom stereocenters. The van der Waals surface area contributed by atoms with Crippen molar-refractivity contribution in [2.75, 3.05) is 31.6 Å². The number of hydrogen-bond donors (Lipinski definition) is 2. The fraction of sp³-hybridized carbons (Fsp3) is 0.529. The molecule has 1 saturated heterocycles. The normalized spacial score (nSPS) is 24.0. The Bertz CT molecular complexity index is 605. The number of aliphatic carboxylic acids is 1. The number of benzene rings is 1. The molecule has 1 aromatic rings. The number of urea groups is 1. The van der Waals surface area contributed by atoms with Crippen molar-refractivity contribution in [3.05, 3.63) is 29.8 Å². The molecule has 2 heterocycles. The highest BCUT2D eigenvalue weighted by Gasteiger charge is 2.32. The summed E-state index contributed by atoms with van der Waals surface area (Å²) in [7, 11) is 2.07. The number of fused-ring (bicyclic) bond motifs is 1. The number of carbonyl (C=O) groups excluding carboxylic acids is 1. The Hall–Kier alpha value is -2.24. The highest BCUT2D eigenvalue weighted by molar-refractivity contribution is 5.78. The molecule has 2 N–H and O–H groups in total. The van der Waals surface area contributed by atoms with Gasteiger partial charge in [0.1, 0.15) is 0 Å². The van der Waals surface area contributed by atoms with E-state index in [1.165, 1.54) is 0 Å². The number of amides is 2. The van der Waals surface area contributed by atoms with Crippen molar-refractivity contribution in [2.45, 2.75) is 25.3 Å². The van der Waals surface area contributed by atoms with E-state index >= 15 is 0 Å². The summed E-state index contributed by atoms with van der Waals surface area (Å²) in [6, 6.07) is 7.97. The van der Waals surface area contributed by atoms with Crippen LogP contribution in [0.5, 0.6) is 0 Å². The molecule has 0 aromatic heterocycles. The van der Waals surface area contributed by atoms with Gasteiger partial charge in [0, 0.05) is 32.4 Å². The second-order valence-corrected chi connectivity index (χ2v) is 6.39. The number of likely N-dealkylation sites (tertiary alicyclic amines) is 1. The van der Waals surface area contributed by atoms with E-state index in [1.807, 2.05) is 12.1 Å². The van der Waals surface area contributed by atoms with Crippen LogP contribution < -0.4 is 10.2 Å². The largest absolute Gasteiger partial charge is 0.481 e. The minimum absolute atomic E-state index is 0.0208. The van der Waals surface area contributed by atoms with Crippen molar-refractivity contribution in [3.63, 3.8) is 0 Å². The van der Waals surface area contributed by atoms with Crippen LogP contribution in [0.25, 0.3) is 0 Å². The Morgan fingerprint density at radius 3 is 2.74 bits per heavy atom. The Morgan fingerprint density at radius 1 is 1.22 bits per heavy atom. The molecule has 23 heavy (non-hydrogen) atoms. The van der Waals surface area contributed by atoms with Gasteiger partial charge in [-0.3, -0.25) is 4.79 Å². The van der Waals surface area contributed by atoms with Crippen molar-refractivity contribution in [1.82, 2.24) is 10.2 Å². The Kier molecular flexibility index (Phi) is 4.41. The molecule has 2 aliphatic rings. The molecular formula is C17H23N3O3. The molecule has 2 amide bonds. The average Bonchev–Trinajstić information content (AvgIpc) is 2.98. The van der Waals surface area contributed by atoms with Gasteiger partial charge in [0.2, 0.25) is 0 Å². The number of rotatable bonds is 2. The van der Waals surface area contributed by atoms with E-state index in [4.69, 9.17) is 5.11 Å². The maximum Gasteiger partial charge on any atom is 0.317 e. The van der Waals surface area contributed by atoms with Gasteiger partial charge in [-0.15, -0.1) is 0 Å². The van der Waals surface area contributed by atoms with E-state index in [9.17, 15) is 9.59 Å². The van der Waals surface area contributed by atoms with Gasteiger partial charge in [-0.25, -0.2) is 4.79 Å². The number of carboxylic acids is 1. The number of nitrogens with one attached hydrogen (secondary N) is 1. The predicted molar refractivity (Wildman–Crippen MR) is 87.5 cm³/mol. The number of para-hydroxylation sites is 1. The second kappa shape index (κ2) is 6.48. The molecule has 1 fully saturated rings. The number of carbonyl (C=O) groups is 2. The second-order valence-electron chi connectivity index (χ2n) is 6.39. The topological polar surface area (TPSA) is 72.9 Å². The van der Waals surface area contributed by atoms with Crippen LogP contribution in [-0.2, 0) is 4.79 Å². The molecule has 3 rings (SSSR count). The third-order valence-electron chi connectivity index (χ3n) is 4.83. The fourth-order valence-corrected chi connectivity index (χ4v) is 3.47. The van der Waals surface area contributed by atoms with E-state index in [1.54, 1.807) is 4.90 Å². The molecule has 2 unspecified atom stereocenters. The van der Waals surface area contributed by atoms with Crippen LogP contribution in [0, 0.1) is 5.92 Å². The molecule has 6 heteroatoms. The van der Waals surface area contributed by atoms with E-state index in [0.717, 1.165) is 30.6 Å². The predicted octanol–water partition coefficient (Wildman–Crippen LogP) is 2.07. The first-order chi connectivity index (χ1) is 11.1. The molecule has 0 bridgehead atoms. The maximum absolute atomic E-state index is 12.5. The first-order valence-electron chi connectivity index (χ1n) is 8.14. The molecule has 0 radical (unpaired) electrons. The van der Waals surface area contributed by atoms with Gasteiger partial charge >= 0.3 is 12.0 Å². The van der Waals surface area contributed by atoms with Gasteiger partial charge in [0.25, 0.3) is 0 Å². The Labute approximate surface area is 136 Å². The highest BCUT2D eigenvalue weighted by Crippen LogP contribution is 2.32. The van der Waals surface area contributed by atoms with Crippen LogP contribution in [0.15, 0.2) is 24.3 Å². The SMILES string of the molecule is CN1CCCC(NC(=O)N2CCC(C(=O)O)C2)c2ccccc21. The van der Waals surface area contributed by atoms with Gasteiger partial charge < -0.3 is 20.2 Å². The molecule has 0 spiro atoms. The summed E-state index contributed by atoms with van der Waals surface area (Å²) < 4.78 is 0. The zero-order valence-corrected chi connectivity index (χ0v) is 13.4. The third kappa shape index (κ3) is 3.25. The number of hydrogen-bond acceptors (Lipinski definition) is 3. The van der Waals surface area contributed by atoms with Gasteiger partial charge in [-0.1, -0.05) is 18.2 Å². The Morgan fingerprint density at radius 2 is 2.00 bits per heavy atom.